The quantitative estimate of drug-likeness (QED) is 0.724. The average molecular weight is 428 g/mol. The second-order valence-corrected chi connectivity index (χ2v) is 9.00. The monoisotopic (exact) mass is 427 g/mol. The zero-order valence-electron chi connectivity index (χ0n) is 18.4. The van der Waals surface area contributed by atoms with Crippen molar-refractivity contribution in [3.8, 4) is 5.75 Å². The summed E-state index contributed by atoms with van der Waals surface area (Å²) in [5.41, 5.74) is 0.983. The molecule has 3 fully saturated rings. The van der Waals surface area contributed by atoms with Crippen molar-refractivity contribution >= 4 is 17.7 Å². The SMILES string of the molecule is COc1cccc(CN2C[C@H](C(=O)N3CCN(C4CCCCC4)C(=O)C3)CCC2=O)c1. The zero-order chi connectivity index (χ0) is 21.8. The van der Waals surface area contributed by atoms with Crippen LogP contribution in [0, 0.1) is 5.92 Å². The predicted octanol–water partition coefficient (Wildman–Crippen LogP) is 2.44. The Morgan fingerprint density at radius 1 is 1.06 bits per heavy atom. The maximum absolute atomic E-state index is 13.2. The van der Waals surface area contributed by atoms with E-state index in [0.29, 0.717) is 45.1 Å². The molecule has 2 aliphatic heterocycles. The van der Waals surface area contributed by atoms with Crippen molar-refractivity contribution in [2.24, 2.45) is 5.92 Å². The molecule has 2 saturated heterocycles. The Labute approximate surface area is 184 Å². The first-order valence-electron chi connectivity index (χ1n) is 11.5. The van der Waals surface area contributed by atoms with Gasteiger partial charge in [0.1, 0.15) is 5.75 Å². The molecule has 0 spiro atoms. The van der Waals surface area contributed by atoms with Crippen LogP contribution < -0.4 is 4.74 Å². The molecular weight excluding hydrogens is 394 g/mol. The molecule has 7 nitrogen and oxygen atoms in total. The van der Waals surface area contributed by atoms with Gasteiger partial charge in [-0.25, -0.2) is 0 Å². The number of rotatable bonds is 5. The van der Waals surface area contributed by atoms with Crippen LogP contribution >= 0.6 is 0 Å². The number of piperazine rings is 1. The summed E-state index contributed by atoms with van der Waals surface area (Å²) in [6.07, 6.45) is 6.75. The van der Waals surface area contributed by atoms with E-state index in [2.05, 4.69) is 0 Å². The Morgan fingerprint density at radius 3 is 2.61 bits per heavy atom. The van der Waals surface area contributed by atoms with Crippen LogP contribution in [0.4, 0.5) is 0 Å². The van der Waals surface area contributed by atoms with E-state index in [1.54, 1.807) is 16.9 Å². The first kappa shape index (κ1) is 21.7. The van der Waals surface area contributed by atoms with Gasteiger partial charge >= 0.3 is 0 Å². The summed E-state index contributed by atoms with van der Waals surface area (Å²) in [7, 11) is 1.62. The molecule has 0 bridgehead atoms. The molecule has 31 heavy (non-hydrogen) atoms. The topological polar surface area (TPSA) is 70.2 Å². The molecule has 0 radical (unpaired) electrons. The van der Waals surface area contributed by atoms with Crippen LogP contribution in [-0.4, -0.2) is 71.8 Å². The van der Waals surface area contributed by atoms with Gasteiger partial charge in [0.05, 0.1) is 19.6 Å². The summed E-state index contributed by atoms with van der Waals surface area (Å²) >= 11 is 0. The van der Waals surface area contributed by atoms with Crippen LogP contribution in [-0.2, 0) is 20.9 Å². The van der Waals surface area contributed by atoms with Gasteiger partial charge in [-0.15, -0.1) is 0 Å². The van der Waals surface area contributed by atoms with E-state index in [-0.39, 0.29) is 30.2 Å². The van der Waals surface area contributed by atoms with E-state index >= 15 is 0 Å². The Hall–Kier alpha value is -2.57. The molecule has 2 heterocycles. The maximum Gasteiger partial charge on any atom is 0.242 e. The van der Waals surface area contributed by atoms with Gasteiger partial charge in [-0.05, 0) is 37.0 Å². The number of carbonyl (C=O) groups is 3. The third kappa shape index (κ3) is 5.02. The number of methoxy groups -OCH3 is 1. The largest absolute Gasteiger partial charge is 0.497 e. The minimum absolute atomic E-state index is 0.0137. The first-order valence-corrected chi connectivity index (χ1v) is 11.5. The van der Waals surface area contributed by atoms with Gasteiger partial charge in [0.15, 0.2) is 0 Å². The minimum Gasteiger partial charge on any atom is -0.497 e. The highest BCUT2D eigenvalue weighted by molar-refractivity contribution is 5.88. The number of piperidine rings is 1. The lowest BCUT2D eigenvalue weighted by molar-refractivity contribution is -0.152. The summed E-state index contributed by atoms with van der Waals surface area (Å²) < 4.78 is 5.27. The van der Waals surface area contributed by atoms with Crippen LogP contribution in [0.5, 0.6) is 5.75 Å². The molecule has 1 aliphatic carbocycles. The average Bonchev–Trinajstić information content (AvgIpc) is 2.80. The second kappa shape index (κ2) is 9.71. The standard InChI is InChI=1S/C24H33N3O4/c1-31-21-9-5-6-18(14-21)15-26-16-19(10-11-22(26)28)24(30)25-12-13-27(23(29)17-25)20-7-3-2-4-8-20/h5-6,9,14,19-20H,2-4,7-8,10-13,15-17H2,1H3/t19-/m1/s1. The number of nitrogens with zero attached hydrogens (tertiary/aromatic N) is 3. The number of amides is 3. The van der Waals surface area contributed by atoms with Crippen molar-refractivity contribution in [3.05, 3.63) is 29.8 Å². The van der Waals surface area contributed by atoms with Crippen LogP contribution in [0.3, 0.4) is 0 Å². The lowest BCUT2D eigenvalue weighted by Gasteiger charge is -2.42. The molecule has 0 unspecified atom stereocenters. The molecule has 168 valence electrons. The summed E-state index contributed by atoms with van der Waals surface area (Å²) in [6, 6.07) is 8.01. The van der Waals surface area contributed by atoms with E-state index < -0.39 is 0 Å². The van der Waals surface area contributed by atoms with Crippen molar-refractivity contribution in [3.63, 3.8) is 0 Å². The molecule has 1 aromatic carbocycles. The van der Waals surface area contributed by atoms with Crippen LogP contribution in [0.25, 0.3) is 0 Å². The normalized spacial score (nSPS) is 23.3. The third-order valence-corrected chi connectivity index (χ3v) is 6.94. The fourth-order valence-electron chi connectivity index (χ4n) is 5.17. The number of ether oxygens (including phenoxy) is 1. The second-order valence-electron chi connectivity index (χ2n) is 9.00. The van der Waals surface area contributed by atoms with Gasteiger partial charge in [0, 0.05) is 38.6 Å². The number of benzene rings is 1. The zero-order valence-corrected chi connectivity index (χ0v) is 18.4. The van der Waals surface area contributed by atoms with Gasteiger partial charge in [-0.2, -0.15) is 0 Å². The van der Waals surface area contributed by atoms with E-state index in [4.69, 9.17) is 4.74 Å². The smallest absolute Gasteiger partial charge is 0.242 e. The molecule has 3 aliphatic rings. The maximum atomic E-state index is 13.2. The van der Waals surface area contributed by atoms with Crippen molar-refractivity contribution in [1.29, 1.82) is 0 Å². The molecule has 1 aromatic rings. The van der Waals surface area contributed by atoms with E-state index in [0.717, 1.165) is 24.2 Å². The molecule has 0 N–H and O–H groups in total. The Balaban J connectivity index is 1.35. The summed E-state index contributed by atoms with van der Waals surface area (Å²) in [4.78, 5) is 43.9. The fourth-order valence-corrected chi connectivity index (χ4v) is 5.17. The summed E-state index contributed by atoms with van der Waals surface area (Å²) in [5, 5.41) is 0. The van der Waals surface area contributed by atoms with Crippen molar-refractivity contribution in [1.82, 2.24) is 14.7 Å². The number of hydrogen-bond acceptors (Lipinski definition) is 4. The van der Waals surface area contributed by atoms with Crippen molar-refractivity contribution < 1.29 is 19.1 Å². The minimum atomic E-state index is -0.239. The molecule has 7 heteroatoms. The Morgan fingerprint density at radius 2 is 1.87 bits per heavy atom. The summed E-state index contributed by atoms with van der Waals surface area (Å²) in [5.74, 6) is 0.678. The van der Waals surface area contributed by atoms with Gasteiger partial charge in [0.25, 0.3) is 0 Å². The van der Waals surface area contributed by atoms with Crippen molar-refractivity contribution in [2.45, 2.75) is 57.5 Å². The lowest BCUT2D eigenvalue weighted by Crippen LogP contribution is -2.57. The van der Waals surface area contributed by atoms with Gasteiger partial charge < -0.3 is 19.4 Å². The molecule has 1 saturated carbocycles. The third-order valence-electron chi connectivity index (χ3n) is 6.94. The molecule has 1 atom stereocenters. The van der Waals surface area contributed by atoms with Gasteiger partial charge in [-0.1, -0.05) is 31.4 Å². The highest BCUT2D eigenvalue weighted by atomic mass is 16.5. The summed E-state index contributed by atoms with van der Waals surface area (Å²) in [6.45, 7) is 2.28. The number of carbonyl (C=O) groups excluding carboxylic acids is 3. The van der Waals surface area contributed by atoms with Gasteiger partial charge in [0.2, 0.25) is 17.7 Å². The highest BCUT2D eigenvalue weighted by Crippen LogP contribution is 2.26. The predicted molar refractivity (Wildman–Crippen MR) is 116 cm³/mol. The first-order chi connectivity index (χ1) is 15.0. The van der Waals surface area contributed by atoms with Crippen LogP contribution in [0.2, 0.25) is 0 Å². The molecule has 3 amide bonds. The molecule has 4 rings (SSSR count). The number of likely N-dealkylation sites (tertiary alicyclic amines) is 1. The van der Waals surface area contributed by atoms with E-state index in [1.807, 2.05) is 29.2 Å². The number of hydrogen-bond donors (Lipinski definition) is 0. The van der Waals surface area contributed by atoms with E-state index in [9.17, 15) is 14.4 Å². The van der Waals surface area contributed by atoms with Gasteiger partial charge in [-0.3, -0.25) is 14.4 Å². The molecule has 0 aromatic heterocycles. The van der Waals surface area contributed by atoms with Crippen molar-refractivity contribution in [2.75, 3.05) is 33.3 Å². The Kier molecular flexibility index (Phi) is 6.78. The van der Waals surface area contributed by atoms with Crippen LogP contribution in [0.15, 0.2) is 24.3 Å². The molecular formula is C24H33N3O4. The van der Waals surface area contributed by atoms with E-state index in [1.165, 1.54) is 19.3 Å². The Bertz CT molecular complexity index is 821. The van der Waals surface area contributed by atoms with Crippen LogP contribution in [0.1, 0.15) is 50.5 Å². The fraction of sp³-hybridized carbons (Fsp3) is 0.625. The highest BCUT2D eigenvalue weighted by Gasteiger charge is 2.37. The lowest BCUT2D eigenvalue weighted by atomic mass is 9.93.